The SMILES string of the molecule is CCCC(C)NC(=O)C1N(CCCCCO)C(=O)[C@@H]2[C@H](C(=O)Nc3ccc(OCC)cc3)[C@]3(C)CCC12S3. The Morgan fingerprint density at radius 3 is 2.55 bits per heavy atom. The van der Waals surface area contributed by atoms with Crippen LogP contribution in [0.15, 0.2) is 24.3 Å². The first-order chi connectivity index (χ1) is 18.2. The van der Waals surface area contributed by atoms with Crippen LogP contribution < -0.4 is 15.4 Å². The molecule has 1 spiro atoms. The van der Waals surface area contributed by atoms with Gasteiger partial charge >= 0.3 is 0 Å². The van der Waals surface area contributed by atoms with E-state index in [-0.39, 0.29) is 30.4 Å². The Labute approximate surface area is 230 Å². The van der Waals surface area contributed by atoms with Crippen molar-refractivity contribution in [2.45, 2.75) is 94.2 Å². The van der Waals surface area contributed by atoms with E-state index in [1.165, 1.54) is 0 Å². The van der Waals surface area contributed by atoms with Crippen molar-refractivity contribution < 1.29 is 24.2 Å². The van der Waals surface area contributed by atoms with E-state index >= 15 is 0 Å². The van der Waals surface area contributed by atoms with E-state index in [0.29, 0.717) is 31.7 Å². The van der Waals surface area contributed by atoms with Gasteiger partial charge in [0, 0.05) is 29.6 Å². The van der Waals surface area contributed by atoms with Crippen molar-refractivity contribution in [3.05, 3.63) is 24.3 Å². The number of hydrogen-bond acceptors (Lipinski definition) is 6. The van der Waals surface area contributed by atoms with E-state index < -0.39 is 27.4 Å². The van der Waals surface area contributed by atoms with Crippen LogP contribution in [0.2, 0.25) is 0 Å². The van der Waals surface area contributed by atoms with Gasteiger partial charge in [0.25, 0.3) is 0 Å². The van der Waals surface area contributed by atoms with Crippen molar-refractivity contribution in [2.24, 2.45) is 11.8 Å². The summed E-state index contributed by atoms with van der Waals surface area (Å²) in [7, 11) is 0. The van der Waals surface area contributed by atoms with E-state index in [2.05, 4.69) is 24.5 Å². The Balaban J connectivity index is 1.61. The van der Waals surface area contributed by atoms with Gasteiger partial charge in [-0.15, -0.1) is 11.8 Å². The summed E-state index contributed by atoms with van der Waals surface area (Å²) in [6.07, 6.45) is 5.53. The van der Waals surface area contributed by atoms with Crippen molar-refractivity contribution in [1.29, 1.82) is 0 Å². The average molecular weight is 546 g/mol. The Kier molecular flexibility index (Phi) is 8.97. The second kappa shape index (κ2) is 11.9. The van der Waals surface area contributed by atoms with Gasteiger partial charge in [0.2, 0.25) is 17.7 Å². The molecule has 3 unspecified atom stereocenters. The van der Waals surface area contributed by atoms with E-state index in [9.17, 15) is 19.5 Å². The highest BCUT2D eigenvalue weighted by Gasteiger charge is 2.77. The molecule has 3 saturated heterocycles. The number of carbonyl (C=O) groups excluding carboxylic acids is 3. The maximum atomic E-state index is 14.1. The van der Waals surface area contributed by atoms with Crippen molar-refractivity contribution >= 4 is 35.2 Å². The Morgan fingerprint density at radius 1 is 1.16 bits per heavy atom. The van der Waals surface area contributed by atoms with E-state index in [0.717, 1.165) is 37.9 Å². The van der Waals surface area contributed by atoms with Crippen LogP contribution in [-0.2, 0) is 14.4 Å². The van der Waals surface area contributed by atoms with Gasteiger partial charge in [-0.3, -0.25) is 14.4 Å². The monoisotopic (exact) mass is 545 g/mol. The third-order valence-corrected chi connectivity index (χ3v) is 10.4. The van der Waals surface area contributed by atoms with E-state index in [1.54, 1.807) is 16.7 Å². The van der Waals surface area contributed by atoms with E-state index in [4.69, 9.17) is 4.74 Å². The first kappa shape index (κ1) is 28.7. The molecular weight excluding hydrogens is 502 g/mol. The number of nitrogens with one attached hydrogen (secondary N) is 2. The van der Waals surface area contributed by atoms with Crippen molar-refractivity contribution in [3.63, 3.8) is 0 Å². The molecule has 0 saturated carbocycles. The third kappa shape index (κ3) is 5.28. The maximum Gasteiger partial charge on any atom is 0.244 e. The number of rotatable bonds is 13. The number of aliphatic hydroxyl groups is 1. The van der Waals surface area contributed by atoms with Crippen molar-refractivity contribution in [2.75, 3.05) is 25.1 Å². The molecule has 6 atom stereocenters. The van der Waals surface area contributed by atoms with Gasteiger partial charge in [-0.25, -0.2) is 0 Å². The molecule has 3 amide bonds. The molecule has 3 aliphatic rings. The molecule has 2 bridgehead atoms. The topological polar surface area (TPSA) is 108 Å². The largest absolute Gasteiger partial charge is 0.494 e. The third-order valence-electron chi connectivity index (χ3n) is 8.41. The zero-order valence-corrected chi connectivity index (χ0v) is 23.9. The molecule has 38 heavy (non-hydrogen) atoms. The summed E-state index contributed by atoms with van der Waals surface area (Å²) in [5.41, 5.74) is 0.665. The van der Waals surface area contributed by atoms with Gasteiger partial charge in [0.15, 0.2) is 0 Å². The molecule has 210 valence electrons. The van der Waals surface area contributed by atoms with Crippen LogP contribution in [0.25, 0.3) is 0 Å². The Morgan fingerprint density at radius 2 is 1.89 bits per heavy atom. The first-order valence-corrected chi connectivity index (χ1v) is 15.0. The zero-order valence-electron chi connectivity index (χ0n) is 23.1. The highest BCUT2D eigenvalue weighted by molar-refractivity contribution is 8.02. The van der Waals surface area contributed by atoms with Gasteiger partial charge in [0.1, 0.15) is 11.8 Å². The molecule has 3 aliphatic heterocycles. The molecule has 0 aromatic heterocycles. The summed E-state index contributed by atoms with van der Waals surface area (Å²) in [5, 5.41) is 15.4. The van der Waals surface area contributed by atoms with Crippen LogP contribution in [0, 0.1) is 11.8 Å². The second-order valence-electron chi connectivity index (χ2n) is 11.2. The normalized spacial score (nSPS) is 30.3. The number of ether oxygens (including phenoxy) is 1. The maximum absolute atomic E-state index is 14.1. The predicted octanol–water partition coefficient (Wildman–Crippen LogP) is 3.97. The molecular formula is C29H43N3O5S. The minimum atomic E-state index is -0.611. The highest BCUT2D eigenvalue weighted by atomic mass is 32.2. The summed E-state index contributed by atoms with van der Waals surface area (Å²) in [6, 6.07) is 6.71. The molecule has 0 aliphatic carbocycles. The summed E-state index contributed by atoms with van der Waals surface area (Å²) >= 11 is 1.69. The smallest absolute Gasteiger partial charge is 0.244 e. The molecule has 4 rings (SSSR count). The number of likely N-dealkylation sites (tertiary alicyclic amines) is 1. The van der Waals surface area contributed by atoms with Gasteiger partial charge in [-0.2, -0.15) is 0 Å². The minimum absolute atomic E-state index is 0.0206. The van der Waals surface area contributed by atoms with Crippen LogP contribution >= 0.6 is 11.8 Å². The summed E-state index contributed by atoms with van der Waals surface area (Å²) < 4.78 is 4.49. The molecule has 1 aromatic rings. The van der Waals surface area contributed by atoms with Crippen LogP contribution in [-0.4, -0.2) is 69.1 Å². The summed E-state index contributed by atoms with van der Waals surface area (Å²) in [4.78, 5) is 43.4. The molecule has 0 radical (unpaired) electrons. The fourth-order valence-corrected chi connectivity index (χ4v) is 9.14. The average Bonchev–Trinajstić information content (AvgIpc) is 3.44. The van der Waals surface area contributed by atoms with Crippen LogP contribution in [0.3, 0.4) is 0 Å². The van der Waals surface area contributed by atoms with Crippen LogP contribution in [0.4, 0.5) is 5.69 Å². The standard InChI is InChI=1S/C29H43N3O5S/c1-5-10-19(3)30-26(35)24-29-16-15-28(4,38-29)22(23(29)27(36)32(24)17-8-7-9-18-33)25(34)31-20-11-13-21(14-12-20)37-6-2/h11-14,19,22-24,33H,5-10,15-18H2,1-4H3,(H,30,35)(H,31,34)/t19?,22-,23+,24?,28+,29?/m1/s1. The lowest BCUT2D eigenvalue weighted by Gasteiger charge is -2.35. The number of thioether (sulfide) groups is 1. The zero-order chi connectivity index (χ0) is 27.5. The van der Waals surface area contributed by atoms with Gasteiger partial charge in [-0.1, -0.05) is 13.3 Å². The Bertz CT molecular complexity index is 1020. The predicted molar refractivity (Wildman–Crippen MR) is 150 cm³/mol. The molecule has 3 N–H and O–H groups in total. The van der Waals surface area contributed by atoms with Gasteiger partial charge < -0.3 is 25.4 Å². The number of benzene rings is 1. The quantitative estimate of drug-likeness (QED) is 0.324. The number of nitrogens with zero attached hydrogens (tertiary/aromatic N) is 1. The van der Waals surface area contributed by atoms with Crippen LogP contribution in [0.5, 0.6) is 5.75 Å². The second-order valence-corrected chi connectivity index (χ2v) is 13.1. The first-order valence-electron chi connectivity index (χ1n) is 14.2. The highest BCUT2D eigenvalue weighted by Crippen LogP contribution is 2.71. The number of unbranched alkanes of at least 4 members (excludes halogenated alkanes) is 2. The number of carbonyl (C=O) groups is 3. The minimum Gasteiger partial charge on any atom is -0.494 e. The molecule has 9 heteroatoms. The lowest BCUT2D eigenvalue weighted by molar-refractivity contribution is -0.139. The fourth-order valence-electron chi connectivity index (χ4n) is 6.79. The Hall–Kier alpha value is -2.26. The summed E-state index contributed by atoms with van der Waals surface area (Å²) in [5.74, 6) is -0.672. The van der Waals surface area contributed by atoms with Crippen LogP contribution in [0.1, 0.15) is 72.6 Å². The molecule has 1 aromatic carbocycles. The number of amides is 3. The number of hydrogen-bond donors (Lipinski definition) is 3. The fraction of sp³-hybridized carbons (Fsp3) is 0.690. The number of fused-ring (bicyclic) bond motifs is 1. The summed E-state index contributed by atoms with van der Waals surface area (Å²) in [6.45, 7) is 9.24. The molecule has 3 fully saturated rings. The van der Waals surface area contributed by atoms with Crippen molar-refractivity contribution in [1.82, 2.24) is 10.2 Å². The molecule has 3 heterocycles. The lowest BCUT2D eigenvalue weighted by atomic mass is 9.66. The van der Waals surface area contributed by atoms with Gasteiger partial charge in [-0.05, 0) is 83.6 Å². The number of aliphatic hydroxyl groups excluding tert-OH is 1. The van der Waals surface area contributed by atoms with E-state index in [1.807, 2.05) is 38.1 Å². The lowest BCUT2D eigenvalue weighted by Crippen LogP contribution is -2.55. The number of anilines is 1. The van der Waals surface area contributed by atoms with Gasteiger partial charge in [0.05, 0.1) is 23.2 Å². The molecule has 8 nitrogen and oxygen atoms in total. The van der Waals surface area contributed by atoms with Crippen molar-refractivity contribution in [3.8, 4) is 5.75 Å².